The summed E-state index contributed by atoms with van der Waals surface area (Å²) in [6.45, 7) is 5.75. The number of hydrogen-bond acceptors (Lipinski definition) is 4. The minimum absolute atomic E-state index is 0. The minimum Gasteiger partial charge on any atom is -0.444 e. The topological polar surface area (TPSA) is 106 Å². The average molecular weight is 519 g/mol. The molecule has 0 aliphatic heterocycles. The zero-order valence-electron chi connectivity index (χ0n) is 17.0. The number of carbonyl (C=O) groups excluding carboxylic acids is 1. The van der Waals surface area contributed by atoms with Crippen LogP contribution in [0.1, 0.15) is 34.1 Å². The fourth-order valence-corrected chi connectivity index (χ4v) is 2.68. The van der Waals surface area contributed by atoms with Crippen molar-refractivity contribution in [2.24, 2.45) is 10.7 Å². The molecule has 0 saturated heterocycles. The molecule has 1 amide bonds. The number of hydrogen-bond donors (Lipinski definition) is 3. The molecule has 0 bridgehead atoms. The zero-order valence-corrected chi connectivity index (χ0v) is 19.3. The summed E-state index contributed by atoms with van der Waals surface area (Å²) in [5.74, 6) is 0.831. The highest BCUT2D eigenvalue weighted by Crippen LogP contribution is 2.19. The van der Waals surface area contributed by atoms with Gasteiger partial charge in [-0.2, -0.15) is 0 Å². The van der Waals surface area contributed by atoms with Gasteiger partial charge in [-0.3, -0.25) is 4.79 Å². The Labute approximate surface area is 193 Å². The number of halogens is 1. The largest absolute Gasteiger partial charge is 0.444 e. The molecule has 3 aromatic rings. The lowest BCUT2D eigenvalue weighted by Gasteiger charge is -2.10. The van der Waals surface area contributed by atoms with Crippen LogP contribution in [0.4, 0.5) is 0 Å². The predicted molar refractivity (Wildman–Crippen MR) is 129 cm³/mol. The van der Waals surface area contributed by atoms with E-state index < -0.39 is 5.91 Å². The predicted octanol–water partition coefficient (Wildman–Crippen LogP) is 3.62. The summed E-state index contributed by atoms with van der Waals surface area (Å²) >= 11 is 0. The second-order valence-corrected chi connectivity index (χ2v) is 6.62. The lowest BCUT2D eigenvalue weighted by Crippen LogP contribution is -2.36. The molecule has 4 N–H and O–H groups in total. The number of aryl methyl sites for hydroxylation is 1. The van der Waals surface area contributed by atoms with Gasteiger partial charge in [0.2, 0.25) is 11.8 Å². The summed E-state index contributed by atoms with van der Waals surface area (Å²) in [5, 5.41) is 6.46. The van der Waals surface area contributed by atoms with Crippen LogP contribution in [0.25, 0.3) is 11.5 Å². The van der Waals surface area contributed by atoms with Gasteiger partial charge in [-0.1, -0.05) is 29.8 Å². The molecule has 0 radical (unpaired) electrons. The van der Waals surface area contributed by atoms with Crippen molar-refractivity contribution in [3.63, 3.8) is 0 Å². The molecule has 0 atom stereocenters. The Hall–Kier alpha value is -2.88. The number of carbonyl (C=O) groups is 1. The van der Waals surface area contributed by atoms with Crippen molar-refractivity contribution >= 4 is 35.8 Å². The molecule has 0 aliphatic carbocycles. The Kier molecular flexibility index (Phi) is 8.85. The molecule has 0 aliphatic rings. The van der Waals surface area contributed by atoms with Gasteiger partial charge in [-0.05, 0) is 43.7 Å². The number of rotatable bonds is 7. The number of nitrogens with one attached hydrogen (secondary N) is 2. The Balaban J connectivity index is 0.00000320. The molecule has 0 spiro atoms. The van der Waals surface area contributed by atoms with Crippen LogP contribution in [0.2, 0.25) is 0 Å². The van der Waals surface area contributed by atoms with Crippen molar-refractivity contribution in [1.82, 2.24) is 15.6 Å². The first kappa shape index (κ1) is 23.4. The van der Waals surface area contributed by atoms with Gasteiger partial charge >= 0.3 is 0 Å². The van der Waals surface area contributed by atoms with Crippen molar-refractivity contribution in [1.29, 1.82) is 0 Å². The molecule has 1 heterocycles. The van der Waals surface area contributed by atoms with Crippen LogP contribution in [0, 0.1) is 6.92 Å². The highest BCUT2D eigenvalue weighted by Gasteiger charge is 2.07. The summed E-state index contributed by atoms with van der Waals surface area (Å²) in [5.41, 5.74) is 9.66. The van der Waals surface area contributed by atoms with Crippen molar-refractivity contribution < 1.29 is 9.21 Å². The van der Waals surface area contributed by atoms with Crippen molar-refractivity contribution in [2.75, 3.05) is 6.54 Å². The average Bonchev–Trinajstić information content (AvgIpc) is 3.20. The van der Waals surface area contributed by atoms with Crippen molar-refractivity contribution in [3.8, 4) is 11.5 Å². The molecule has 30 heavy (non-hydrogen) atoms. The number of nitrogens with zero attached hydrogens (tertiary/aromatic N) is 2. The van der Waals surface area contributed by atoms with Crippen LogP contribution in [-0.2, 0) is 13.1 Å². The van der Waals surface area contributed by atoms with E-state index in [9.17, 15) is 4.79 Å². The van der Waals surface area contributed by atoms with E-state index in [1.807, 2.05) is 50.2 Å². The highest BCUT2D eigenvalue weighted by molar-refractivity contribution is 14.0. The molecule has 0 saturated carbocycles. The van der Waals surface area contributed by atoms with Gasteiger partial charge in [0.25, 0.3) is 0 Å². The van der Waals surface area contributed by atoms with Crippen LogP contribution < -0.4 is 16.4 Å². The quantitative estimate of drug-likeness (QED) is 0.251. The standard InChI is InChI=1S/C22H25N5O2.HI/c1-3-24-22(25-12-16-6-10-17(11-7-16)20(23)28)26-13-19-14-29-21(27-19)18-8-4-15(2)5-9-18;/h4-11,14H,3,12-13H2,1-2H3,(H2,23,28)(H2,24,25,26);1H. The van der Waals surface area contributed by atoms with Crippen LogP contribution in [0.3, 0.4) is 0 Å². The van der Waals surface area contributed by atoms with Gasteiger partial charge in [-0.25, -0.2) is 9.98 Å². The van der Waals surface area contributed by atoms with Crippen LogP contribution in [-0.4, -0.2) is 23.4 Å². The maximum Gasteiger partial charge on any atom is 0.248 e. The van der Waals surface area contributed by atoms with E-state index in [4.69, 9.17) is 10.2 Å². The Morgan fingerprint density at radius 3 is 2.43 bits per heavy atom. The molecule has 1 aromatic heterocycles. The Morgan fingerprint density at radius 1 is 1.10 bits per heavy atom. The third-order valence-corrected chi connectivity index (χ3v) is 4.29. The zero-order chi connectivity index (χ0) is 20.6. The van der Waals surface area contributed by atoms with E-state index in [1.165, 1.54) is 5.56 Å². The van der Waals surface area contributed by atoms with Gasteiger partial charge in [0.15, 0.2) is 5.96 Å². The number of nitrogens with two attached hydrogens (primary N) is 1. The number of aromatic nitrogens is 1. The van der Waals surface area contributed by atoms with E-state index in [0.717, 1.165) is 23.4 Å². The maximum atomic E-state index is 11.2. The third kappa shape index (κ3) is 6.58. The normalized spacial score (nSPS) is 10.9. The minimum atomic E-state index is -0.437. The Morgan fingerprint density at radius 2 is 1.80 bits per heavy atom. The first-order chi connectivity index (χ1) is 14.0. The van der Waals surface area contributed by atoms with Gasteiger partial charge in [0.05, 0.1) is 18.8 Å². The SMILES string of the molecule is CCNC(=NCc1ccc(C(N)=O)cc1)NCc1coc(-c2ccc(C)cc2)n1.I. The lowest BCUT2D eigenvalue weighted by atomic mass is 10.1. The number of aliphatic imine (C=N–C) groups is 1. The van der Waals surface area contributed by atoms with E-state index in [1.54, 1.807) is 18.4 Å². The summed E-state index contributed by atoms with van der Waals surface area (Å²) in [7, 11) is 0. The molecular formula is C22H26IN5O2. The molecule has 0 unspecified atom stereocenters. The number of benzene rings is 2. The second kappa shape index (κ2) is 11.3. The van der Waals surface area contributed by atoms with Crippen molar-refractivity contribution in [3.05, 3.63) is 77.2 Å². The fraction of sp³-hybridized carbons (Fsp3) is 0.227. The molecule has 3 rings (SSSR count). The number of primary amides is 1. The number of oxazole rings is 1. The summed E-state index contributed by atoms with van der Waals surface area (Å²) in [6, 6.07) is 15.1. The smallest absolute Gasteiger partial charge is 0.248 e. The van der Waals surface area contributed by atoms with Crippen LogP contribution >= 0.6 is 24.0 Å². The van der Waals surface area contributed by atoms with E-state index in [-0.39, 0.29) is 24.0 Å². The number of amides is 1. The van der Waals surface area contributed by atoms with Gasteiger partial charge in [0.1, 0.15) is 6.26 Å². The van der Waals surface area contributed by atoms with Crippen molar-refractivity contribution in [2.45, 2.75) is 26.9 Å². The van der Waals surface area contributed by atoms with E-state index >= 15 is 0 Å². The van der Waals surface area contributed by atoms with E-state index in [2.05, 4.69) is 20.6 Å². The molecule has 7 nitrogen and oxygen atoms in total. The maximum absolute atomic E-state index is 11.2. The molecule has 0 fully saturated rings. The van der Waals surface area contributed by atoms with Gasteiger partial charge in [-0.15, -0.1) is 24.0 Å². The number of guanidine groups is 1. The summed E-state index contributed by atoms with van der Waals surface area (Å²) < 4.78 is 5.59. The summed E-state index contributed by atoms with van der Waals surface area (Å²) in [4.78, 5) is 20.3. The van der Waals surface area contributed by atoms with Gasteiger partial charge in [0, 0.05) is 17.7 Å². The van der Waals surface area contributed by atoms with Crippen LogP contribution in [0.15, 0.2) is 64.2 Å². The third-order valence-electron chi connectivity index (χ3n) is 4.29. The molecule has 158 valence electrons. The van der Waals surface area contributed by atoms with Crippen LogP contribution in [0.5, 0.6) is 0 Å². The fourth-order valence-electron chi connectivity index (χ4n) is 2.68. The Bertz CT molecular complexity index is 982. The highest BCUT2D eigenvalue weighted by atomic mass is 127. The molecule has 2 aromatic carbocycles. The second-order valence-electron chi connectivity index (χ2n) is 6.62. The first-order valence-electron chi connectivity index (χ1n) is 9.47. The lowest BCUT2D eigenvalue weighted by molar-refractivity contribution is 0.100. The summed E-state index contributed by atoms with van der Waals surface area (Å²) in [6.07, 6.45) is 1.65. The van der Waals surface area contributed by atoms with E-state index in [0.29, 0.717) is 30.5 Å². The molecule has 8 heteroatoms. The monoisotopic (exact) mass is 519 g/mol. The molecular weight excluding hydrogens is 493 g/mol. The first-order valence-corrected chi connectivity index (χ1v) is 9.47. The van der Waals surface area contributed by atoms with Gasteiger partial charge < -0.3 is 20.8 Å².